The van der Waals surface area contributed by atoms with Crippen molar-refractivity contribution in [2.75, 3.05) is 17.7 Å². The van der Waals surface area contributed by atoms with Crippen LogP contribution in [0.1, 0.15) is 21.6 Å². The topological polar surface area (TPSA) is 76.1 Å². The Hall–Kier alpha value is -3.12. The summed E-state index contributed by atoms with van der Waals surface area (Å²) in [4.78, 5) is 20.7. The molecule has 0 aliphatic rings. The van der Waals surface area contributed by atoms with Crippen molar-refractivity contribution >= 4 is 34.7 Å². The molecule has 0 fully saturated rings. The lowest BCUT2D eigenvalue weighted by Crippen LogP contribution is -2.14. The van der Waals surface area contributed by atoms with Crippen LogP contribution in [0.5, 0.6) is 5.75 Å². The average Bonchev–Trinajstić information content (AvgIpc) is 2.65. The number of hydrogen-bond donors (Lipinski definition) is 2. The van der Waals surface area contributed by atoms with Crippen LogP contribution in [0.4, 0.5) is 17.2 Å². The number of benzene rings is 2. The smallest absolute Gasteiger partial charge is 0.274 e. The molecule has 7 heteroatoms. The van der Waals surface area contributed by atoms with E-state index in [-0.39, 0.29) is 11.6 Å². The lowest BCUT2D eigenvalue weighted by atomic mass is 10.1. The highest BCUT2D eigenvalue weighted by Gasteiger charge is 2.11. The van der Waals surface area contributed by atoms with Gasteiger partial charge in [0, 0.05) is 11.8 Å². The molecule has 3 rings (SSSR count). The number of anilines is 3. The van der Waals surface area contributed by atoms with Crippen LogP contribution in [0.15, 0.2) is 48.8 Å². The van der Waals surface area contributed by atoms with E-state index in [9.17, 15) is 4.79 Å². The summed E-state index contributed by atoms with van der Waals surface area (Å²) in [5, 5.41) is 6.55. The van der Waals surface area contributed by atoms with Crippen LogP contribution in [-0.4, -0.2) is 23.0 Å². The number of aryl methyl sites for hydroxylation is 2. The van der Waals surface area contributed by atoms with Gasteiger partial charge in [-0.1, -0.05) is 17.7 Å². The maximum absolute atomic E-state index is 12.5. The van der Waals surface area contributed by atoms with E-state index in [4.69, 9.17) is 16.3 Å². The van der Waals surface area contributed by atoms with E-state index in [2.05, 4.69) is 20.6 Å². The number of rotatable bonds is 5. The summed E-state index contributed by atoms with van der Waals surface area (Å²) in [5.74, 6) is 0.864. The van der Waals surface area contributed by atoms with Crippen LogP contribution in [0.2, 0.25) is 5.02 Å². The molecular formula is C20H19ClN4O2. The van der Waals surface area contributed by atoms with Gasteiger partial charge in [0.2, 0.25) is 0 Å². The maximum Gasteiger partial charge on any atom is 0.274 e. The van der Waals surface area contributed by atoms with Crippen molar-refractivity contribution < 1.29 is 9.53 Å². The second kappa shape index (κ2) is 8.05. The minimum Gasteiger partial charge on any atom is -0.497 e. The van der Waals surface area contributed by atoms with Crippen molar-refractivity contribution in [2.45, 2.75) is 13.8 Å². The molecule has 0 aliphatic carbocycles. The largest absolute Gasteiger partial charge is 0.497 e. The fourth-order valence-electron chi connectivity index (χ4n) is 2.62. The summed E-state index contributed by atoms with van der Waals surface area (Å²) in [6.45, 7) is 3.94. The molecule has 0 atom stereocenters. The first kappa shape index (κ1) is 18.7. The van der Waals surface area contributed by atoms with Gasteiger partial charge in [-0.2, -0.15) is 0 Å². The second-order valence-electron chi connectivity index (χ2n) is 6.03. The third-order valence-corrected chi connectivity index (χ3v) is 4.23. The van der Waals surface area contributed by atoms with Gasteiger partial charge in [0.05, 0.1) is 17.8 Å². The fourth-order valence-corrected chi connectivity index (χ4v) is 2.99. The lowest BCUT2D eigenvalue weighted by Gasteiger charge is -2.12. The molecular weight excluding hydrogens is 364 g/mol. The van der Waals surface area contributed by atoms with E-state index in [1.807, 2.05) is 26.0 Å². The van der Waals surface area contributed by atoms with Crippen molar-refractivity contribution in [3.05, 3.63) is 70.6 Å². The molecule has 2 N–H and O–H groups in total. The zero-order valence-corrected chi connectivity index (χ0v) is 16.0. The van der Waals surface area contributed by atoms with Crippen molar-refractivity contribution in [3.8, 4) is 5.75 Å². The molecule has 0 saturated heterocycles. The van der Waals surface area contributed by atoms with Crippen LogP contribution in [0.25, 0.3) is 0 Å². The second-order valence-corrected chi connectivity index (χ2v) is 6.44. The molecule has 1 aromatic heterocycles. The third-order valence-electron chi connectivity index (χ3n) is 3.93. The fraction of sp³-hybridized carbons (Fsp3) is 0.150. The molecule has 2 aromatic carbocycles. The monoisotopic (exact) mass is 382 g/mol. The highest BCUT2D eigenvalue weighted by molar-refractivity contribution is 6.33. The first-order valence-electron chi connectivity index (χ1n) is 8.27. The Bertz CT molecular complexity index is 951. The quantitative estimate of drug-likeness (QED) is 0.665. The standard InChI is InChI=1S/C20H19ClN4O2/c1-12-8-13(2)19(16(21)9-12)25-18-10-17(22-11-23-18)20(26)24-14-4-6-15(27-3)7-5-14/h4-11H,1-3H3,(H,24,26)(H,22,23,25). The van der Waals surface area contributed by atoms with Gasteiger partial charge in [0.15, 0.2) is 0 Å². The van der Waals surface area contributed by atoms with Gasteiger partial charge in [0.25, 0.3) is 5.91 Å². The van der Waals surface area contributed by atoms with Gasteiger partial charge in [0.1, 0.15) is 23.6 Å². The molecule has 1 heterocycles. The van der Waals surface area contributed by atoms with E-state index < -0.39 is 0 Å². The van der Waals surface area contributed by atoms with Gasteiger partial charge in [-0.05, 0) is 55.3 Å². The number of nitrogens with zero attached hydrogens (tertiary/aromatic N) is 2. The van der Waals surface area contributed by atoms with Crippen LogP contribution < -0.4 is 15.4 Å². The number of amides is 1. The lowest BCUT2D eigenvalue weighted by molar-refractivity contribution is 0.102. The van der Waals surface area contributed by atoms with Crippen LogP contribution in [-0.2, 0) is 0 Å². The minimum atomic E-state index is -0.336. The summed E-state index contributed by atoms with van der Waals surface area (Å²) in [7, 11) is 1.59. The zero-order chi connectivity index (χ0) is 19.4. The van der Waals surface area contributed by atoms with Crippen LogP contribution in [0.3, 0.4) is 0 Å². The number of aromatic nitrogens is 2. The summed E-state index contributed by atoms with van der Waals surface area (Å²) in [6.07, 6.45) is 1.34. The summed E-state index contributed by atoms with van der Waals surface area (Å²) < 4.78 is 5.11. The summed E-state index contributed by atoms with van der Waals surface area (Å²) >= 11 is 6.32. The summed E-state index contributed by atoms with van der Waals surface area (Å²) in [5.41, 5.74) is 3.70. The third kappa shape index (κ3) is 4.54. The van der Waals surface area contributed by atoms with Gasteiger partial charge >= 0.3 is 0 Å². The molecule has 1 amide bonds. The Morgan fingerprint density at radius 1 is 1.07 bits per heavy atom. The van der Waals surface area contributed by atoms with Gasteiger partial charge in [-0.3, -0.25) is 4.79 Å². The number of hydrogen-bond acceptors (Lipinski definition) is 5. The van der Waals surface area contributed by atoms with Crippen molar-refractivity contribution in [2.24, 2.45) is 0 Å². The Morgan fingerprint density at radius 3 is 2.48 bits per heavy atom. The van der Waals surface area contributed by atoms with E-state index in [1.165, 1.54) is 6.33 Å². The van der Waals surface area contributed by atoms with E-state index >= 15 is 0 Å². The Labute approximate surface area is 162 Å². The first-order valence-corrected chi connectivity index (χ1v) is 8.65. The Morgan fingerprint density at radius 2 is 1.81 bits per heavy atom. The van der Waals surface area contributed by atoms with E-state index in [0.717, 1.165) is 16.8 Å². The molecule has 6 nitrogen and oxygen atoms in total. The van der Waals surface area contributed by atoms with Crippen molar-refractivity contribution in [1.82, 2.24) is 9.97 Å². The van der Waals surface area contributed by atoms with Crippen molar-refractivity contribution in [1.29, 1.82) is 0 Å². The number of halogens is 1. The molecule has 3 aromatic rings. The molecule has 0 unspecified atom stereocenters. The van der Waals surface area contributed by atoms with E-state index in [0.29, 0.717) is 22.3 Å². The molecule has 0 spiro atoms. The molecule has 138 valence electrons. The Balaban J connectivity index is 1.77. The SMILES string of the molecule is COc1ccc(NC(=O)c2cc(Nc3c(C)cc(C)cc3Cl)ncn2)cc1. The molecule has 0 radical (unpaired) electrons. The first-order chi connectivity index (χ1) is 13.0. The number of ether oxygens (including phenoxy) is 1. The molecule has 27 heavy (non-hydrogen) atoms. The minimum absolute atomic E-state index is 0.240. The van der Waals surface area contributed by atoms with Crippen molar-refractivity contribution in [3.63, 3.8) is 0 Å². The van der Waals surface area contributed by atoms with Gasteiger partial charge in [-0.15, -0.1) is 0 Å². The zero-order valence-electron chi connectivity index (χ0n) is 15.2. The summed E-state index contributed by atoms with van der Waals surface area (Å²) in [6, 6.07) is 12.5. The highest BCUT2D eigenvalue weighted by Crippen LogP contribution is 2.29. The van der Waals surface area contributed by atoms with Crippen LogP contribution in [0, 0.1) is 13.8 Å². The molecule has 0 bridgehead atoms. The Kier molecular flexibility index (Phi) is 5.57. The van der Waals surface area contributed by atoms with Gasteiger partial charge < -0.3 is 15.4 Å². The maximum atomic E-state index is 12.5. The number of carbonyl (C=O) groups excluding carboxylic acids is 1. The van der Waals surface area contributed by atoms with Crippen LogP contribution >= 0.6 is 11.6 Å². The predicted octanol–water partition coefficient (Wildman–Crippen LogP) is 4.75. The molecule has 0 saturated carbocycles. The van der Waals surface area contributed by atoms with E-state index in [1.54, 1.807) is 37.4 Å². The average molecular weight is 383 g/mol. The predicted molar refractivity (Wildman–Crippen MR) is 107 cm³/mol. The normalized spacial score (nSPS) is 10.4. The number of carbonyl (C=O) groups is 1. The van der Waals surface area contributed by atoms with Gasteiger partial charge in [-0.25, -0.2) is 9.97 Å². The number of methoxy groups -OCH3 is 1. The number of nitrogens with one attached hydrogen (secondary N) is 2. The molecule has 0 aliphatic heterocycles. The highest BCUT2D eigenvalue weighted by atomic mass is 35.5.